The molecule has 2 unspecified atom stereocenters. The van der Waals surface area contributed by atoms with E-state index in [0.29, 0.717) is 26.2 Å². The number of carbonyl (C=O) groups excluding carboxylic acids is 1. The molecule has 1 heterocycles. The summed E-state index contributed by atoms with van der Waals surface area (Å²) in [6.07, 6.45) is 0.469. The highest BCUT2D eigenvalue weighted by Gasteiger charge is 2.32. The first kappa shape index (κ1) is 13.9. The van der Waals surface area contributed by atoms with Crippen LogP contribution in [-0.4, -0.2) is 49.3 Å². The average Bonchev–Trinajstić information content (AvgIpc) is 2.36. The van der Waals surface area contributed by atoms with Gasteiger partial charge in [0.25, 0.3) is 0 Å². The van der Waals surface area contributed by atoms with Crippen LogP contribution in [0.5, 0.6) is 0 Å². The number of rotatable bonds is 5. The van der Waals surface area contributed by atoms with E-state index in [4.69, 9.17) is 9.84 Å². The molecule has 0 aromatic carbocycles. The maximum Gasteiger partial charge on any atom is 0.311 e. The molecule has 6 nitrogen and oxygen atoms in total. The van der Waals surface area contributed by atoms with Crippen molar-refractivity contribution in [1.82, 2.24) is 10.6 Å². The van der Waals surface area contributed by atoms with Crippen LogP contribution in [0.3, 0.4) is 0 Å². The van der Waals surface area contributed by atoms with Crippen molar-refractivity contribution >= 4 is 11.9 Å². The Morgan fingerprint density at radius 2 is 2.29 bits per heavy atom. The molecule has 1 aliphatic rings. The van der Waals surface area contributed by atoms with E-state index in [1.54, 1.807) is 13.8 Å². The standard InChI is InChI=1S/C11H20N2O4/c1-3-11(2,10(15)16)7-13-9(14)8-6-17-5-4-12-8/h8,12H,3-7H2,1-2H3,(H,13,14)(H,15,16). The van der Waals surface area contributed by atoms with Crippen molar-refractivity contribution in [3.05, 3.63) is 0 Å². The average molecular weight is 244 g/mol. The summed E-state index contributed by atoms with van der Waals surface area (Å²) in [5.41, 5.74) is -0.912. The van der Waals surface area contributed by atoms with Crippen molar-refractivity contribution in [2.24, 2.45) is 5.41 Å². The smallest absolute Gasteiger partial charge is 0.311 e. The number of aliphatic carboxylic acids is 1. The molecule has 0 saturated carbocycles. The molecular weight excluding hydrogens is 224 g/mol. The molecule has 0 aromatic heterocycles. The van der Waals surface area contributed by atoms with Gasteiger partial charge in [-0.25, -0.2) is 0 Å². The summed E-state index contributed by atoms with van der Waals surface area (Å²) in [5, 5.41) is 14.7. The molecule has 0 radical (unpaired) electrons. The second kappa shape index (κ2) is 5.97. The Balaban J connectivity index is 2.43. The summed E-state index contributed by atoms with van der Waals surface area (Å²) in [6, 6.07) is -0.376. The summed E-state index contributed by atoms with van der Waals surface area (Å²) < 4.78 is 5.17. The molecule has 2 atom stereocenters. The molecule has 17 heavy (non-hydrogen) atoms. The number of hydrogen-bond acceptors (Lipinski definition) is 4. The molecule has 0 spiro atoms. The molecule has 98 valence electrons. The predicted octanol–water partition coefficient (Wildman–Crippen LogP) is -0.408. The monoisotopic (exact) mass is 244 g/mol. The first-order valence-electron chi connectivity index (χ1n) is 5.82. The van der Waals surface area contributed by atoms with Crippen LogP contribution in [0.4, 0.5) is 0 Å². The molecule has 6 heteroatoms. The molecule has 1 amide bonds. The van der Waals surface area contributed by atoms with Crippen LogP contribution in [0.15, 0.2) is 0 Å². The fourth-order valence-electron chi connectivity index (χ4n) is 1.49. The topological polar surface area (TPSA) is 87.7 Å². The lowest BCUT2D eigenvalue weighted by atomic mass is 9.87. The highest BCUT2D eigenvalue weighted by atomic mass is 16.5. The van der Waals surface area contributed by atoms with Gasteiger partial charge in [-0.05, 0) is 13.3 Å². The minimum Gasteiger partial charge on any atom is -0.481 e. The van der Waals surface area contributed by atoms with E-state index in [1.807, 2.05) is 0 Å². The van der Waals surface area contributed by atoms with E-state index in [2.05, 4.69) is 10.6 Å². The second-order valence-electron chi connectivity index (χ2n) is 4.52. The maximum atomic E-state index is 11.7. The minimum absolute atomic E-state index is 0.135. The van der Waals surface area contributed by atoms with Crippen LogP contribution in [0.2, 0.25) is 0 Å². The van der Waals surface area contributed by atoms with E-state index in [1.165, 1.54) is 0 Å². The van der Waals surface area contributed by atoms with Gasteiger partial charge in [-0.1, -0.05) is 6.92 Å². The lowest BCUT2D eigenvalue weighted by Gasteiger charge is -2.27. The molecule has 1 aliphatic heterocycles. The Morgan fingerprint density at radius 3 is 2.76 bits per heavy atom. The van der Waals surface area contributed by atoms with Gasteiger partial charge in [0.15, 0.2) is 0 Å². The van der Waals surface area contributed by atoms with Crippen molar-refractivity contribution < 1.29 is 19.4 Å². The Morgan fingerprint density at radius 1 is 1.59 bits per heavy atom. The molecule has 1 fully saturated rings. The lowest BCUT2D eigenvalue weighted by Crippen LogP contribution is -2.53. The van der Waals surface area contributed by atoms with Crippen molar-refractivity contribution in [3.63, 3.8) is 0 Å². The fourth-order valence-corrected chi connectivity index (χ4v) is 1.49. The normalized spacial score (nSPS) is 23.8. The lowest BCUT2D eigenvalue weighted by molar-refractivity contribution is -0.148. The summed E-state index contributed by atoms with van der Waals surface area (Å²) in [6.45, 7) is 5.13. The van der Waals surface area contributed by atoms with Gasteiger partial charge in [-0.15, -0.1) is 0 Å². The second-order valence-corrected chi connectivity index (χ2v) is 4.52. The Labute approximate surface area is 101 Å². The maximum absolute atomic E-state index is 11.7. The highest BCUT2D eigenvalue weighted by molar-refractivity contribution is 5.83. The van der Waals surface area contributed by atoms with E-state index < -0.39 is 11.4 Å². The highest BCUT2D eigenvalue weighted by Crippen LogP contribution is 2.19. The summed E-state index contributed by atoms with van der Waals surface area (Å²) in [4.78, 5) is 22.8. The van der Waals surface area contributed by atoms with Gasteiger partial charge in [-0.2, -0.15) is 0 Å². The van der Waals surface area contributed by atoms with Crippen LogP contribution in [0.25, 0.3) is 0 Å². The number of carboxylic acids is 1. The molecule has 0 aromatic rings. The Bertz CT molecular complexity index is 289. The van der Waals surface area contributed by atoms with E-state index in [9.17, 15) is 9.59 Å². The molecule has 3 N–H and O–H groups in total. The SMILES string of the molecule is CCC(C)(CNC(=O)C1COCCN1)C(=O)O. The van der Waals surface area contributed by atoms with E-state index >= 15 is 0 Å². The number of nitrogens with one attached hydrogen (secondary N) is 2. The van der Waals surface area contributed by atoms with Crippen LogP contribution in [0.1, 0.15) is 20.3 Å². The predicted molar refractivity (Wildman–Crippen MR) is 61.7 cm³/mol. The van der Waals surface area contributed by atoms with Gasteiger partial charge in [0.1, 0.15) is 6.04 Å². The van der Waals surface area contributed by atoms with Crippen molar-refractivity contribution in [3.8, 4) is 0 Å². The number of morpholine rings is 1. The summed E-state index contributed by atoms with van der Waals surface area (Å²) >= 11 is 0. The third kappa shape index (κ3) is 3.67. The first-order valence-corrected chi connectivity index (χ1v) is 5.82. The van der Waals surface area contributed by atoms with Crippen molar-refractivity contribution in [2.45, 2.75) is 26.3 Å². The van der Waals surface area contributed by atoms with Crippen LogP contribution in [-0.2, 0) is 14.3 Å². The van der Waals surface area contributed by atoms with Gasteiger partial charge >= 0.3 is 5.97 Å². The van der Waals surface area contributed by atoms with E-state index in [-0.39, 0.29) is 18.5 Å². The molecular formula is C11H20N2O4. The van der Waals surface area contributed by atoms with Gasteiger partial charge in [0, 0.05) is 13.1 Å². The fraction of sp³-hybridized carbons (Fsp3) is 0.818. The molecule has 1 saturated heterocycles. The van der Waals surface area contributed by atoms with Crippen molar-refractivity contribution in [1.29, 1.82) is 0 Å². The summed E-state index contributed by atoms with van der Waals surface area (Å²) in [5.74, 6) is -1.10. The van der Waals surface area contributed by atoms with E-state index in [0.717, 1.165) is 0 Å². The van der Waals surface area contributed by atoms with Crippen molar-refractivity contribution in [2.75, 3.05) is 26.3 Å². The van der Waals surface area contributed by atoms with Gasteiger partial charge in [0.2, 0.25) is 5.91 Å². The third-order valence-electron chi connectivity index (χ3n) is 3.19. The van der Waals surface area contributed by atoms with Gasteiger partial charge in [0.05, 0.1) is 18.6 Å². The molecule has 0 aliphatic carbocycles. The Hall–Kier alpha value is -1.14. The minimum atomic E-state index is -0.912. The number of hydrogen-bond donors (Lipinski definition) is 3. The quantitative estimate of drug-likeness (QED) is 0.612. The number of amides is 1. The molecule has 1 rings (SSSR count). The van der Waals surface area contributed by atoms with Crippen LogP contribution in [0, 0.1) is 5.41 Å². The zero-order valence-corrected chi connectivity index (χ0v) is 10.3. The summed E-state index contributed by atoms with van der Waals surface area (Å²) in [7, 11) is 0. The number of ether oxygens (including phenoxy) is 1. The largest absolute Gasteiger partial charge is 0.481 e. The zero-order chi connectivity index (χ0) is 12.9. The first-order chi connectivity index (χ1) is 7.99. The zero-order valence-electron chi connectivity index (χ0n) is 10.3. The number of carboxylic acid groups (broad SMARTS) is 1. The molecule has 0 bridgehead atoms. The Kier molecular flexibility index (Phi) is 4.89. The van der Waals surface area contributed by atoms with Gasteiger partial charge < -0.3 is 20.5 Å². The third-order valence-corrected chi connectivity index (χ3v) is 3.19. The van der Waals surface area contributed by atoms with Crippen LogP contribution >= 0.6 is 0 Å². The van der Waals surface area contributed by atoms with Gasteiger partial charge in [-0.3, -0.25) is 9.59 Å². The van der Waals surface area contributed by atoms with Crippen LogP contribution < -0.4 is 10.6 Å². The number of carbonyl (C=O) groups is 2.